The molecule has 1 aliphatic carbocycles. The van der Waals surface area contributed by atoms with E-state index < -0.39 is 0 Å². The quantitative estimate of drug-likeness (QED) is 0.414. The number of hydrogen-bond donors (Lipinski definition) is 0. The number of nitrogens with zero attached hydrogens (tertiary/aromatic N) is 2. The zero-order valence-electron chi connectivity index (χ0n) is 20.4. The lowest BCUT2D eigenvalue weighted by Crippen LogP contribution is -2.38. The molecule has 3 aromatic rings. The van der Waals surface area contributed by atoms with E-state index >= 15 is 0 Å². The van der Waals surface area contributed by atoms with Gasteiger partial charge in [-0.05, 0) is 61.9 Å². The SMILES string of the molecule is COc1cc(CN(C(=O)c2ccc3ccccc3n2)C2CCCC2)ccc1OCC1CCCCO1. The second-order valence-electron chi connectivity index (χ2n) is 9.55. The van der Waals surface area contributed by atoms with Gasteiger partial charge in [-0.15, -0.1) is 0 Å². The van der Waals surface area contributed by atoms with E-state index in [1.54, 1.807) is 7.11 Å². The molecule has 0 bridgehead atoms. The Kier molecular flexibility index (Phi) is 7.48. The van der Waals surface area contributed by atoms with E-state index in [0.29, 0.717) is 30.3 Å². The Morgan fingerprint density at radius 1 is 1.00 bits per heavy atom. The molecule has 0 spiro atoms. The monoisotopic (exact) mass is 474 g/mol. The summed E-state index contributed by atoms with van der Waals surface area (Å²) >= 11 is 0. The van der Waals surface area contributed by atoms with Crippen molar-refractivity contribution in [3.63, 3.8) is 0 Å². The van der Waals surface area contributed by atoms with Gasteiger partial charge in [-0.2, -0.15) is 0 Å². The summed E-state index contributed by atoms with van der Waals surface area (Å²) in [5, 5.41) is 1.04. The average Bonchev–Trinajstić information content (AvgIpc) is 3.45. The van der Waals surface area contributed by atoms with Crippen molar-refractivity contribution in [3.05, 3.63) is 65.9 Å². The van der Waals surface area contributed by atoms with Crippen molar-refractivity contribution < 1.29 is 19.0 Å². The Morgan fingerprint density at radius 2 is 1.83 bits per heavy atom. The maximum atomic E-state index is 13.7. The van der Waals surface area contributed by atoms with Gasteiger partial charge in [0, 0.05) is 24.6 Å². The summed E-state index contributed by atoms with van der Waals surface area (Å²) in [4.78, 5) is 20.3. The van der Waals surface area contributed by atoms with Crippen molar-refractivity contribution in [1.82, 2.24) is 9.88 Å². The minimum atomic E-state index is -0.0172. The van der Waals surface area contributed by atoms with Gasteiger partial charge < -0.3 is 19.1 Å². The fourth-order valence-corrected chi connectivity index (χ4v) is 5.16. The van der Waals surface area contributed by atoms with Crippen molar-refractivity contribution in [3.8, 4) is 11.5 Å². The van der Waals surface area contributed by atoms with Crippen LogP contribution < -0.4 is 9.47 Å². The molecule has 1 amide bonds. The van der Waals surface area contributed by atoms with E-state index in [0.717, 1.165) is 61.6 Å². The first-order chi connectivity index (χ1) is 17.2. The molecule has 35 heavy (non-hydrogen) atoms. The highest BCUT2D eigenvalue weighted by Crippen LogP contribution is 2.32. The predicted octanol–water partition coefficient (Wildman–Crippen LogP) is 5.78. The molecule has 1 atom stereocenters. The molecule has 2 aliphatic rings. The number of rotatable bonds is 8. The molecular weight excluding hydrogens is 440 g/mol. The third-order valence-electron chi connectivity index (χ3n) is 7.12. The molecule has 1 aromatic heterocycles. The lowest BCUT2D eigenvalue weighted by atomic mass is 10.1. The van der Waals surface area contributed by atoms with E-state index in [4.69, 9.17) is 14.2 Å². The van der Waals surface area contributed by atoms with Gasteiger partial charge in [-0.1, -0.05) is 43.2 Å². The molecule has 1 unspecified atom stereocenters. The normalized spacial score (nSPS) is 18.5. The largest absolute Gasteiger partial charge is 0.493 e. The average molecular weight is 475 g/mol. The standard InChI is InChI=1S/C29H34N2O4/c1-33-28-18-21(13-16-27(28)35-20-24-11-6-7-17-34-24)19-31(23-9-3-4-10-23)29(32)26-15-14-22-8-2-5-12-25(22)30-26/h2,5,8,12-16,18,23-24H,3-4,6-7,9-11,17,19-20H2,1H3. The van der Waals surface area contributed by atoms with Crippen LogP contribution in [0.25, 0.3) is 10.9 Å². The maximum absolute atomic E-state index is 13.7. The Bertz CT molecular complexity index is 1150. The van der Waals surface area contributed by atoms with Gasteiger partial charge in [0.05, 0.1) is 18.7 Å². The molecule has 6 heteroatoms. The lowest BCUT2D eigenvalue weighted by molar-refractivity contribution is -0.0114. The van der Waals surface area contributed by atoms with Crippen LogP contribution in [-0.2, 0) is 11.3 Å². The highest BCUT2D eigenvalue weighted by molar-refractivity contribution is 5.95. The van der Waals surface area contributed by atoms with Crippen molar-refractivity contribution in [1.29, 1.82) is 0 Å². The third-order valence-corrected chi connectivity index (χ3v) is 7.12. The molecule has 184 valence electrons. The zero-order chi connectivity index (χ0) is 24.0. The summed E-state index contributed by atoms with van der Waals surface area (Å²) in [6, 6.07) is 17.9. The molecule has 5 rings (SSSR count). The fourth-order valence-electron chi connectivity index (χ4n) is 5.16. The number of hydrogen-bond acceptors (Lipinski definition) is 5. The number of amides is 1. The molecule has 0 radical (unpaired) electrons. The van der Waals surface area contributed by atoms with Crippen molar-refractivity contribution in [2.75, 3.05) is 20.3 Å². The van der Waals surface area contributed by atoms with Crippen LogP contribution in [0, 0.1) is 0 Å². The molecular formula is C29H34N2O4. The molecule has 2 fully saturated rings. The number of carbonyl (C=O) groups is 1. The lowest BCUT2D eigenvalue weighted by Gasteiger charge is -2.29. The second-order valence-corrected chi connectivity index (χ2v) is 9.55. The van der Waals surface area contributed by atoms with Crippen LogP contribution in [0.1, 0.15) is 61.0 Å². The molecule has 2 heterocycles. The van der Waals surface area contributed by atoms with E-state index in [1.807, 2.05) is 59.5 Å². The smallest absolute Gasteiger partial charge is 0.273 e. The van der Waals surface area contributed by atoms with Crippen LogP contribution in [0.3, 0.4) is 0 Å². The zero-order valence-corrected chi connectivity index (χ0v) is 20.4. The van der Waals surface area contributed by atoms with Crippen LogP contribution >= 0.6 is 0 Å². The van der Waals surface area contributed by atoms with E-state index in [9.17, 15) is 4.79 Å². The summed E-state index contributed by atoms with van der Waals surface area (Å²) in [6.45, 7) is 1.84. The first-order valence-electron chi connectivity index (χ1n) is 12.8. The molecule has 1 saturated carbocycles. The second kappa shape index (κ2) is 11.1. The van der Waals surface area contributed by atoms with E-state index in [-0.39, 0.29) is 18.1 Å². The van der Waals surface area contributed by atoms with Crippen LogP contribution in [-0.4, -0.2) is 48.3 Å². The minimum absolute atomic E-state index is 0.0172. The van der Waals surface area contributed by atoms with E-state index in [1.165, 1.54) is 6.42 Å². The number of carbonyl (C=O) groups excluding carboxylic acids is 1. The Morgan fingerprint density at radius 3 is 2.63 bits per heavy atom. The Balaban J connectivity index is 1.34. The number of aromatic nitrogens is 1. The summed E-state index contributed by atoms with van der Waals surface area (Å²) in [5.41, 5.74) is 2.36. The summed E-state index contributed by atoms with van der Waals surface area (Å²) in [5.74, 6) is 1.37. The van der Waals surface area contributed by atoms with Crippen LogP contribution in [0.5, 0.6) is 11.5 Å². The van der Waals surface area contributed by atoms with Crippen LogP contribution in [0.2, 0.25) is 0 Å². The van der Waals surface area contributed by atoms with Crippen LogP contribution in [0.15, 0.2) is 54.6 Å². The number of para-hydroxylation sites is 1. The number of methoxy groups -OCH3 is 1. The van der Waals surface area contributed by atoms with Crippen molar-refractivity contribution in [2.45, 2.75) is 63.6 Å². The van der Waals surface area contributed by atoms with Gasteiger partial charge in [0.15, 0.2) is 11.5 Å². The first kappa shape index (κ1) is 23.6. The van der Waals surface area contributed by atoms with Gasteiger partial charge in [0.25, 0.3) is 5.91 Å². The molecule has 2 aromatic carbocycles. The van der Waals surface area contributed by atoms with Gasteiger partial charge in [0.1, 0.15) is 12.3 Å². The van der Waals surface area contributed by atoms with Gasteiger partial charge >= 0.3 is 0 Å². The number of ether oxygens (including phenoxy) is 3. The summed E-state index contributed by atoms with van der Waals surface area (Å²) < 4.78 is 17.5. The number of fused-ring (bicyclic) bond motifs is 1. The number of pyridine rings is 1. The summed E-state index contributed by atoms with van der Waals surface area (Å²) in [7, 11) is 1.65. The third kappa shape index (κ3) is 5.59. The fraction of sp³-hybridized carbons (Fsp3) is 0.448. The van der Waals surface area contributed by atoms with Gasteiger partial charge in [0.2, 0.25) is 0 Å². The Labute approximate surface area is 207 Å². The van der Waals surface area contributed by atoms with Crippen molar-refractivity contribution >= 4 is 16.8 Å². The minimum Gasteiger partial charge on any atom is -0.493 e. The Hall–Kier alpha value is -3.12. The molecule has 1 saturated heterocycles. The molecule has 6 nitrogen and oxygen atoms in total. The van der Waals surface area contributed by atoms with Gasteiger partial charge in [-0.25, -0.2) is 4.98 Å². The molecule has 0 N–H and O–H groups in total. The maximum Gasteiger partial charge on any atom is 0.273 e. The highest BCUT2D eigenvalue weighted by Gasteiger charge is 2.29. The van der Waals surface area contributed by atoms with Crippen molar-refractivity contribution in [2.24, 2.45) is 0 Å². The topological polar surface area (TPSA) is 60.9 Å². The molecule has 1 aliphatic heterocycles. The predicted molar refractivity (Wildman–Crippen MR) is 136 cm³/mol. The van der Waals surface area contributed by atoms with Crippen LogP contribution in [0.4, 0.5) is 0 Å². The number of benzene rings is 2. The van der Waals surface area contributed by atoms with E-state index in [2.05, 4.69) is 4.98 Å². The first-order valence-corrected chi connectivity index (χ1v) is 12.8. The highest BCUT2D eigenvalue weighted by atomic mass is 16.5. The summed E-state index contributed by atoms with van der Waals surface area (Å²) in [6.07, 6.45) is 7.83. The van der Waals surface area contributed by atoms with Gasteiger partial charge in [-0.3, -0.25) is 4.79 Å².